The third-order valence-corrected chi connectivity index (χ3v) is 1.46. The molecule has 0 spiro atoms. The van der Waals surface area contributed by atoms with Crippen LogP contribution in [0, 0.1) is 5.92 Å². The van der Waals surface area contributed by atoms with Gasteiger partial charge in [0.1, 0.15) is 0 Å². The quantitative estimate of drug-likeness (QED) is 0.608. The lowest BCUT2D eigenvalue weighted by atomic mass is 10.1. The Morgan fingerprint density at radius 3 is 2.40 bits per heavy atom. The van der Waals surface area contributed by atoms with Crippen molar-refractivity contribution < 1.29 is 4.79 Å². The summed E-state index contributed by atoms with van der Waals surface area (Å²) in [4.78, 5) is 12.7. The molecule has 1 atom stereocenters. The topological polar surface area (TPSA) is 46.3 Å². The van der Waals surface area contributed by atoms with Gasteiger partial charge in [-0.05, 0) is 13.0 Å². The fourth-order valence-corrected chi connectivity index (χ4v) is 0.814. The molecule has 3 nitrogen and oxygen atoms in total. The first-order valence-electron chi connectivity index (χ1n) is 3.50. The van der Waals surface area contributed by atoms with Gasteiger partial charge in [-0.1, -0.05) is 6.92 Å². The summed E-state index contributed by atoms with van der Waals surface area (Å²) < 4.78 is 0. The molecule has 60 valence electrons. The van der Waals surface area contributed by atoms with E-state index in [0.29, 0.717) is 6.54 Å². The number of rotatable bonds is 3. The Hall–Kier alpha value is -0.570. The summed E-state index contributed by atoms with van der Waals surface area (Å²) in [6, 6.07) is 0. The molecular formula is C7H16N2O. The van der Waals surface area contributed by atoms with Gasteiger partial charge in [0.2, 0.25) is 5.91 Å². The van der Waals surface area contributed by atoms with Crippen molar-refractivity contribution in [1.82, 2.24) is 4.90 Å². The number of nitrogens with zero attached hydrogens (tertiary/aromatic N) is 1. The van der Waals surface area contributed by atoms with Gasteiger partial charge in [-0.25, -0.2) is 0 Å². The zero-order valence-electron chi connectivity index (χ0n) is 6.92. The predicted molar refractivity (Wildman–Crippen MR) is 41.5 cm³/mol. The van der Waals surface area contributed by atoms with Gasteiger partial charge in [0.25, 0.3) is 0 Å². The molecule has 0 aliphatic heterocycles. The fourth-order valence-electron chi connectivity index (χ4n) is 0.814. The van der Waals surface area contributed by atoms with E-state index in [-0.39, 0.29) is 11.8 Å². The van der Waals surface area contributed by atoms with Crippen LogP contribution in [-0.2, 0) is 4.79 Å². The van der Waals surface area contributed by atoms with Gasteiger partial charge in [-0.15, -0.1) is 0 Å². The Balaban J connectivity index is 3.71. The Labute approximate surface area is 62.2 Å². The SMILES string of the molecule is CC(CCN)C(=O)N(C)C. The fraction of sp³-hybridized carbons (Fsp3) is 0.857. The summed E-state index contributed by atoms with van der Waals surface area (Å²) in [5.74, 6) is 0.227. The molecule has 0 saturated carbocycles. The molecule has 0 saturated heterocycles. The van der Waals surface area contributed by atoms with E-state index in [1.165, 1.54) is 0 Å². The van der Waals surface area contributed by atoms with E-state index in [0.717, 1.165) is 6.42 Å². The van der Waals surface area contributed by atoms with Crippen LogP contribution < -0.4 is 5.73 Å². The molecule has 0 aliphatic rings. The van der Waals surface area contributed by atoms with Crippen LogP contribution in [0.1, 0.15) is 13.3 Å². The molecule has 0 aromatic carbocycles. The first kappa shape index (κ1) is 9.43. The van der Waals surface area contributed by atoms with E-state index in [4.69, 9.17) is 5.73 Å². The van der Waals surface area contributed by atoms with Crippen molar-refractivity contribution in [3.8, 4) is 0 Å². The minimum atomic E-state index is 0.0694. The highest BCUT2D eigenvalue weighted by molar-refractivity contribution is 5.77. The Kier molecular flexibility index (Phi) is 4.03. The maximum Gasteiger partial charge on any atom is 0.224 e. The number of carbonyl (C=O) groups is 1. The molecular weight excluding hydrogens is 128 g/mol. The zero-order valence-corrected chi connectivity index (χ0v) is 6.92. The molecule has 0 aromatic rings. The molecule has 0 radical (unpaired) electrons. The second kappa shape index (κ2) is 4.28. The maximum atomic E-state index is 11.1. The van der Waals surface area contributed by atoms with Gasteiger partial charge < -0.3 is 10.6 Å². The lowest BCUT2D eigenvalue weighted by Gasteiger charge is -2.15. The van der Waals surface area contributed by atoms with Crippen molar-refractivity contribution in [3.63, 3.8) is 0 Å². The molecule has 0 heterocycles. The van der Waals surface area contributed by atoms with Crippen LogP contribution in [0.5, 0.6) is 0 Å². The Morgan fingerprint density at radius 2 is 2.10 bits per heavy atom. The second-order valence-corrected chi connectivity index (χ2v) is 2.71. The van der Waals surface area contributed by atoms with Crippen molar-refractivity contribution in [3.05, 3.63) is 0 Å². The number of nitrogens with two attached hydrogens (primary N) is 1. The average molecular weight is 144 g/mol. The monoisotopic (exact) mass is 144 g/mol. The van der Waals surface area contributed by atoms with Crippen molar-refractivity contribution >= 4 is 5.91 Å². The highest BCUT2D eigenvalue weighted by atomic mass is 16.2. The molecule has 2 N–H and O–H groups in total. The van der Waals surface area contributed by atoms with E-state index in [1.807, 2.05) is 6.92 Å². The van der Waals surface area contributed by atoms with E-state index in [1.54, 1.807) is 19.0 Å². The normalized spacial score (nSPS) is 12.8. The van der Waals surface area contributed by atoms with Crippen LogP contribution in [-0.4, -0.2) is 31.4 Å². The van der Waals surface area contributed by atoms with Gasteiger partial charge in [0.05, 0.1) is 0 Å². The van der Waals surface area contributed by atoms with Crippen molar-refractivity contribution in [2.24, 2.45) is 11.7 Å². The van der Waals surface area contributed by atoms with Crippen LogP contribution >= 0.6 is 0 Å². The van der Waals surface area contributed by atoms with Crippen LogP contribution in [0.3, 0.4) is 0 Å². The first-order valence-corrected chi connectivity index (χ1v) is 3.50. The molecule has 0 rings (SSSR count). The summed E-state index contributed by atoms with van der Waals surface area (Å²) in [5, 5.41) is 0. The van der Waals surface area contributed by atoms with Crippen LogP contribution in [0.25, 0.3) is 0 Å². The average Bonchev–Trinajstić information content (AvgIpc) is 1.87. The van der Waals surface area contributed by atoms with Gasteiger partial charge >= 0.3 is 0 Å². The number of amides is 1. The van der Waals surface area contributed by atoms with Crippen molar-refractivity contribution in [2.45, 2.75) is 13.3 Å². The molecule has 0 fully saturated rings. The van der Waals surface area contributed by atoms with Gasteiger partial charge in [-0.3, -0.25) is 4.79 Å². The lowest BCUT2D eigenvalue weighted by molar-refractivity contribution is -0.132. The molecule has 10 heavy (non-hydrogen) atoms. The van der Waals surface area contributed by atoms with Gasteiger partial charge in [0.15, 0.2) is 0 Å². The van der Waals surface area contributed by atoms with E-state index >= 15 is 0 Å². The summed E-state index contributed by atoms with van der Waals surface area (Å²) in [5.41, 5.74) is 5.30. The second-order valence-electron chi connectivity index (χ2n) is 2.71. The third-order valence-electron chi connectivity index (χ3n) is 1.46. The third kappa shape index (κ3) is 2.82. The molecule has 1 amide bonds. The zero-order chi connectivity index (χ0) is 8.15. The highest BCUT2D eigenvalue weighted by Gasteiger charge is 2.12. The van der Waals surface area contributed by atoms with Gasteiger partial charge in [-0.2, -0.15) is 0 Å². The predicted octanol–water partition coefficient (Wildman–Crippen LogP) is 0.0595. The van der Waals surface area contributed by atoms with Gasteiger partial charge in [0, 0.05) is 20.0 Å². The van der Waals surface area contributed by atoms with Crippen molar-refractivity contribution in [1.29, 1.82) is 0 Å². The van der Waals surface area contributed by atoms with Crippen LogP contribution in [0.2, 0.25) is 0 Å². The molecule has 1 unspecified atom stereocenters. The summed E-state index contributed by atoms with van der Waals surface area (Å²) >= 11 is 0. The summed E-state index contributed by atoms with van der Waals surface area (Å²) in [6.45, 7) is 2.48. The summed E-state index contributed by atoms with van der Waals surface area (Å²) in [6.07, 6.45) is 0.775. The lowest BCUT2D eigenvalue weighted by Crippen LogP contribution is -2.29. The maximum absolute atomic E-state index is 11.1. The standard InChI is InChI=1S/C7H16N2O/c1-6(4-5-8)7(10)9(2)3/h6H,4-5,8H2,1-3H3. The minimum Gasteiger partial charge on any atom is -0.349 e. The van der Waals surface area contributed by atoms with Crippen molar-refractivity contribution in [2.75, 3.05) is 20.6 Å². The first-order chi connectivity index (χ1) is 4.59. The van der Waals surface area contributed by atoms with E-state index < -0.39 is 0 Å². The number of carbonyl (C=O) groups excluding carboxylic acids is 1. The summed E-state index contributed by atoms with van der Waals surface area (Å²) in [7, 11) is 3.52. The highest BCUT2D eigenvalue weighted by Crippen LogP contribution is 2.02. The number of hydrogen-bond donors (Lipinski definition) is 1. The molecule has 0 bridgehead atoms. The van der Waals surface area contributed by atoms with Crippen LogP contribution in [0.4, 0.5) is 0 Å². The molecule has 0 aromatic heterocycles. The van der Waals surface area contributed by atoms with E-state index in [2.05, 4.69) is 0 Å². The Morgan fingerprint density at radius 1 is 1.60 bits per heavy atom. The number of hydrogen-bond acceptors (Lipinski definition) is 2. The van der Waals surface area contributed by atoms with E-state index in [9.17, 15) is 4.79 Å². The largest absolute Gasteiger partial charge is 0.349 e. The molecule has 3 heteroatoms. The Bertz CT molecular complexity index is 112. The molecule has 0 aliphatic carbocycles. The van der Waals surface area contributed by atoms with Crippen LogP contribution in [0.15, 0.2) is 0 Å². The minimum absolute atomic E-state index is 0.0694. The smallest absolute Gasteiger partial charge is 0.224 e.